The smallest absolute Gasteiger partial charge is 0.240 e. The lowest BCUT2D eigenvalue weighted by Crippen LogP contribution is -2.30. The van der Waals surface area contributed by atoms with Crippen molar-refractivity contribution < 1.29 is 13.2 Å². The summed E-state index contributed by atoms with van der Waals surface area (Å²) in [5.41, 5.74) is 0.270. The van der Waals surface area contributed by atoms with E-state index < -0.39 is 10.0 Å². The number of hydrogen-bond acceptors (Lipinski definition) is 4. The number of carbonyl (C=O) groups excluding carboxylic acids is 1. The first kappa shape index (κ1) is 15.1. The van der Waals surface area contributed by atoms with Gasteiger partial charge < -0.3 is 5.32 Å². The van der Waals surface area contributed by atoms with Gasteiger partial charge >= 0.3 is 0 Å². The molecule has 0 saturated heterocycles. The van der Waals surface area contributed by atoms with Crippen LogP contribution in [0.25, 0.3) is 0 Å². The first-order chi connectivity index (χ1) is 8.99. The second kappa shape index (κ2) is 6.87. The van der Waals surface area contributed by atoms with Gasteiger partial charge in [-0.2, -0.15) is 5.26 Å². The number of carbonyl (C=O) groups is 1. The maximum absolute atomic E-state index is 11.9. The second-order valence-corrected chi connectivity index (χ2v) is 5.51. The van der Waals surface area contributed by atoms with Crippen LogP contribution in [0.5, 0.6) is 0 Å². The number of benzene rings is 1. The molecule has 0 heterocycles. The van der Waals surface area contributed by atoms with E-state index in [0.717, 1.165) is 0 Å². The van der Waals surface area contributed by atoms with Crippen molar-refractivity contribution in [3.05, 3.63) is 29.8 Å². The predicted molar refractivity (Wildman–Crippen MR) is 69.6 cm³/mol. The molecule has 7 heteroatoms. The van der Waals surface area contributed by atoms with Crippen molar-refractivity contribution in [2.45, 2.75) is 18.2 Å². The van der Waals surface area contributed by atoms with Gasteiger partial charge in [-0.05, 0) is 25.1 Å². The average Bonchev–Trinajstić information content (AvgIpc) is 2.39. The molecule has 102 valence electrons. The highest BCUT2D eigenvalue weighted by Gasteiger charge is 2.14. The zero-order valence-corrected chi connectivity index (χ0v) is 11.3. The summed E-state index contributed by atoms with van der Waals surface area (Å²) in [5, 5.41) is 11.3. The van der Waals surface area contributed by atoms with Crippen LogP contribution in [0, 0.1) is 11.3 Å². The van der Waals surface area contributed by atoms with Crippen LogP contribution in [0.15, 0.2) is 29.2 Å². The second-order valence-electron chi connectivity index (χ2n) is 3.74. The molecular weight excluding hydrogens is 266 g/mol. The van der Waals surface area contributed by atoms with E-state index >= 15 is 0 Å². The molecule has 0 aliphatic rings. The molecule has 0 radical (unpaired) electrons. The van der Waals surface area contributed by atoms with Gasteiger partial charge in [0.25, 0.3) is 0 Å². The third-order valence-electron chi connectivity index (χ3n) is 2.29. The zero-order chi connectivity index (χ0) is 14.3. The molecule has 1 aromatic carbocycles. The fourth-order valence-electron chi connectivity index (χ4n) is 1.40. The highest BCUT2D eigenvalue weighted by Crippen LogP contribution is 2.10. The maximum atomic E-state index is 11.9. The Morgan fingerprint density at radius 2 is 2.16 bits per heavy atom. The molecular formula is C12H15N3O3S. The van der Waals surface area contributed by atoms with Crippen molar-refractivity contribution >= 4 is 15.9 Å². The third kappa shape index (κ3) is 4.69. The Hall–Kier alpha value is -1.91. The molecule has 0 aliphatic heterocycles. The molecule has 0 aliphatic carbocycles. The monoisotopic (exact) mass is 281 g/mol. The van der Waals surface area contributed by atoms with Gasteiger partial charge in [0.1, 0.15) is 0 Å². The quantitative estimate of drug-likeness (QED) is 0.786. The largest absolute Gasteiger partial charge is 0.356 e. The Bertz CT molecular complexity index is 590. The number of hydrogen-bond donors (Lipinski definition) is 2. The van der Waals surface area contributed by atoms with Gasteiger partial charge in [-0.1, -0.05) is 6.07 Å². The number of amides is 1. The summed E-state index contributed by atoms with van der Waals surface area (Å²) < 4.78 is 26.1. The zero-order valence-electron chi connectivity index (χ0n) is 10.5. The van der Waals surface area contributed by atoms with Crippen LogP contribution in [0.2, 0.25) is 0 Å². The molecule has 0 bridgehead atoms. The van der Waals surface area contributed by atoms with Crippen LogP contribution in [-0.4, -0.2) is 27.4 Å². The summed E-state index contributed by atoms with van der Waals surface area (Å²) >= 11 is 0. The van der Waals surface area contributed by atoms with Gasteiger partial charge in [-0.25, -0.2) is 13.1 Å². The van der Waals surface area contributed by atoms with Gasteiger partial charge in [0.2, 0.25) is 15.9 Å². The fourth-order valence-corrected chi connectivity index (χ4v) is 2.48. The summed E-state index contributed by atoms with van der Waals surface area (Å²) in [6.45, 7) is 2.32. The fraction of sp³-hybridized carbons (Fsp3) is 0.333. The molecule has 1 rings (SSSR count). The van der Waals surface area contributed by atoms with E-state index in [9.17, 15) is 13.2 Å². The van der Waals surface area contributed by atoms with E-state index in [1.165, 1.54) is 24.3 Å². The molecule has 0 saturated carbocycles. The average molecular weight is 281 g/mol. The highest BCUT2D eigenvalue weighted by atomic mass is 32.2. The van der Waals surface area contributed by atoms with E-state index in [4.69, 9.17) is 5.26 Å². The van der Waals surface area contributed by atoms with Crippen molar-refractivity contribution in [1.82, 2.24) is 10.0 Å². The summed E-state index contributed by atoms with van der Waals surface area (Å²) in [5.74, 6) is -0.212. The minimum absolute atomic E-state index is 0.0162. The van der Waals surface area contributed by atoms with Crippen LogP contribution in [-0.2, 0) is 14.8 Å². The van der Waals surface area contributed by atoms with Crippen molar-refractivity contribution in [2.24, 2.45) is 0 Å². The van der Waals surface area contributed by atoms with Crippen LogP contribution >= 0.6 is 0 Å². The van der Waals surface area contributed by atoms with Crippen LogP contribution in [0.1, 0.15) is 18.9 Å². The van der Waals surface area contributed by atoms with Gasteiger partial charge in [0.05, 0.1) is 16.5 Å². The Morgan fingerprint density at radius 1 is 1.42 bits per heavy atom. The molecule has 19 heavy (non-hydrogen) atoms. The molecule has 0 aromatic heterocycles. The number of sulfonamides is 1. The standard InChI is InChI=1S/C12H15N3O3S/c1-2-14-12(16)6-7-15-19(17,18)11-5-3-4-10(8-11)9-13/h3-5,8,15H,2,6-7H2,1H3,(H,14,16). The van der Waals surface area contributed by atoms with Gasteiger partial charge in [0.15, 0.2) is 0 Å². The summed E-state index contributed by atoms with van der Waals surface area (Å²) in [7, 11) is -3.68. The molecule has 1 aromatic rings. The number of nitrogens with one attached hydrogen (secondary N) is 2. The third-order valence-corrected chi connectivity index (χ3v) is 3.75. The molecule has 0 unspecified atom stereocenters. The molecule has 6 nitrogen and oxygen atoms in total. The van der Waals surface area contributed by atoms with Crippen LogP contribution < -0.4 is 10.0 Å². The Balaban J connectivity index is 2.66. The van der Waals surface area contributed by atoms with E-state index in [2.05, 4.69) is 10.0 Å². The number of rotatable bonds is 6. The lowest BCUT2D eigenvalue weighted by atomic mass is 10.2. The molecule has 2 N–H and O–H groups in total. The Labute approximate surface area is 112 Å². The minimum atomic E-state index is -3.68. The molecule has 1 amide bonds. The molecule has 0 spiro atoms. The predicted octanol–water partition coefficient (Wildman–Crippen LogP) is 0.363. The van der Waals surface area contributed by atoms with Crippen LogP contribution in [0.4, 0.5) is 0 Å². The van der Waals surface area contributed by atoms with Crippen LogP contribution in [0.3, 0.4) is 0 Å². The van der Waals surface area contributed by atoms with Crippen molar-refractivity contribution in [1.29, 1.82) is 5.26 Å². The van der Waals surface area contributed by atoms with E-state index in [1.54, 1.807) is 6.92 Å². The van der Waals surface area contributed by atoms with E-state index in [1.807, 2.05) is 6.07 Å². The summed E-state index contributed by atoms with van der Waals surface area (Å²) in [6, 6.07) is 7.58. The Morgan fingerprint density at radius 3 is 2.79 bits per heavy atom. The Kier molecular flexibility index (Phi) is 5.48. The molecule has 0 fully saturated rings. The van der Waals surface area contributed by atoms with Crippen molar-refractivity contribution in [2.75, 3.05) is 13.1 Å². The summed E-state index contributed by atoms with van der Waals surface area (Å²) in [6.07, 6.45) is 0.0744. The normalized spacial score (nSPS) is 10.7. The van der Waals surface area contributed by atoms with Crippen molar-refractivity contribution in [3.8, 4) is 6.07 Å². The molecule has 0 atom stereocenters. The van der Waals surface area contributed by atoms with E-state index in [0.29, 0.717) is 6.54 Å². The number of nitrogens with zero attached hydrogens (tertiary/aromatic N) is 1. The first-order valence-corrected chi connectivity index (χ1v) is 7.24. The summed E-state index contributed by atoms with van der Waals surface area (Å²) in [4.78, 5) is 11.2. The lowest BCUT2D eigenvalue weighted by molar-refractivity contribution is -0.120. The first-order valence-electron chi connectivity index (χ1n) is 5.76. The maximum Gasteiger partial charge on any atom is 0.240 e. The van der Waals surface area contributed by atoms with Gasteiger partial charge in [-0.15, -0.1) is 0 Å². The van der Waals surface area contributed by atoms with Gasteiger partial charge in [0, 0.05) is 19.5 Å². The van der Waals surface area contributed by atoms with E-state index in [-0.39, 0.29) is 29.3 Å². The highest BCUT2D eigenvalue weighted by molar-refractivity contribution is 7.89. The lowest BCUT2D eigenvalue weighted by Gasteiger charge is -2.07. The van der Waals surface area contributed by atoms with Crippen molar-refractivity contribution in [3.63, 3.8) is 0 Å². The topological polar surface area (TPSA) is 99.1 Å². The minimum Gasteiger partial charge on any atom is -0.356 e. The van der Waals surface area contributed by atoms with Gasteiger partial charge in [-0.3, -0.25) is 4.79 Å². The SMILES string of the molecule is CCNC(=O)CCNS(=O)(=O)c1cccc(C#N)c1. The number of nitriles is 1.